The zero-order valence-electron chi connectivity index (χ0n) is 11.0. The molecule has 100 valence electrons. The molecular formula is C14H17N3O2. The summed E-state index contributed by atoms with van der Waals surface area (Å²) in [6, 6.07) is 7.27. The van der Waals surface area contributed by atoms with Crippen LogP contribution in [0.3, 0.4) is 0 Å². The van der Waals surface area contributed by atoms with Crippen LogP contribution in [0.15, 0.2) is 24.3 Å². The number of hydrogen-bond acceptors (Lipinski definition) is 3. The standard InChI is InChI=1S/C14H17N3O2/c1-15-6-8-16(9-7-15)14(19)17-10-11-4-2-3-5-12(11)13(17)18/h2-5H,6-10H2,1H3. The summed E-state index contributed by atoms with van der Waals surface area (Å²) in [5.41, 5.74) is 1.60. The molecule has 1 aromatic rings. The number of benzene rings is 1. The molecule has 0 aliphatic carbocycles. The third kappa shape index (κ3) is 2.10. The van der Waals surface area contributed by atoms with Crippen molar-refractivity contribution in [3.05, 3.63) is 35.4 Å². The van der Waals surface area contributed by atoms with E-state index in [0.29, 0.717) is 25.2 Å². The number of hydrogen-bond donors (Lipinski definition) is 0. The van der Waals surface area contributed by atoms with Crippen LogP contribution in [0.5, 0.6) is 0 Å². The molecule has 0 atom stereocenters. The third-order valence-corrected chi connectivity index (χ3v) is 3.83. The van der Waals surface area contributed by atoms with Crippen LogP contribution < -0.4 is 0 Å². The first-order valence-electron chi connectivity index (χ1n) is 6.54. The highest BCUT2D eigenvalue weighted by Crippen LogP contribution is 2.23. The predicted molar refractivity (Wildman–Crippen MR) is 70.8 cm³/mol. The lowest BCUT2D eigenvalue weighted by atomic mass is 10.1. The highest BCUT2D eigenvalue weighted by molar-refractivity contribution is 6.07. The van der Waals surface area contributed by atoms with Gasteiger partial charge in [-0.25, -0.2) is 4.79 Å². The molecule has 5 heteroatoms. The second kappa shape index (κ2) is 4.66. The Bertz CT molecular complexity index is 521. The Labute approximate surface area is 112 Å². The first kappa shape index (κ1) is 12.2. The van der Waals surface area contributed by atoms with E-state index in [2.05, 4.69) is 4.90 Å². The summed E-state index contributed by atoms with van der Waals surface area (Å²) in [6.45, 7) is 3.51. The lowest BCUT2D eigenvalue weighted by molar-refractivity contribution is 0.0749. The summed E-state index contributed by atoms with van der Waals surface area (Å²) < 4.78 is 0. The van der Waals surface area contributed by atoms with Crippen LogP contribution in [0.2, 0.25) is 0 Å². The number of carbonyl (C=O) groups excluding carboxylic acids is 2. The molecular weight excluding hydrogens is 242 g/mol. The predicted octanol–water partition coefficient (Wildman–Crippen LogP) is 1.01. The summed E-state index contributed by atoms with van der Waals surface area (Å²) >= 11 is 0. The van der Waals surface area contributed by atoms with Gasteiger partial charge in [-0.3, -0.25) is 9.69 Å². The van der Waals surface area contributed by atoms with E-state index in [1.807, 2.05) is 25.2 Å². The van der Waals surface area contributed by atoms with Crippen LogP contribution in [0.25, 0.3) is 0 Å². The fourth-order valence-corrected chi connectivity index (χ4v) is 2.58. The number of piperazine rings is 1. The number of nitrogens with zero attached hydrogens (tertiary/aromatic N) is 3. The molecule has 1 saturated heterocycles. The Morgan fingerprint density at radius 2 is 1.79 bits per heavy atom. The van der Waals surface area contributed by atoms with Crippen molar-refractivity contribution < 1.29 is 9.59 Å². The van der Waals surface area contributed by atoms with Gasteiger partial charge >= 0.3 is 6.03 Å². The maximum Gasteiger partial charge on any atom is 0.327 e. The molecule has 5 nitrogen and oxygen atoms in total. The second-order valence-corrected chi connectivity index (χ2v) is 5.12. The van der Waals surface area contributed by atoms with Crippen LogP contribution in [0.4, 0.5) is 4.79 Å². The number of rotatable bonds is 0. The third-order valence-electron chi connectivity index (χ3n) is 3.83. The van der Waals surface area contributed by atoms with E-state index >= 15 is 0 Å². The van der Waals surface area contributed by atoms with Crippen molar-refractivity contribution >= 4 is 11.9 Å². The highest BCUT2D eigenvalue weighted by Gasteiger charge is 2.34. The summed E-state index contributed by atoms with van der Waals surface area (Å²) in [5.74, 6) is -0.167. The van der Waals surface area contributed by atoms with Gasteiger partial charge in [0.25, 0.3) is 5.91 Å². The molecule has 2 aliphatic rings. The zero-order chi connectivity index (χ0) is 13.4. The summed E-state index contributed by atoms with van der Waals surface area (Å²) in [7, 11) is 2.04. The van der Waals surface area contributed by atoms with Gasteiger partial charge in [0.1, 0.15) is 0 Å². The van der Waals surface area contributed by atoms with E-state index in [-0.39, 0.29) is 11.9 Å². The van der Waals surface area contributed by atoms with Crippen molar-refractivity contribution in [2.24, 2.45) is 0 Å². The maximum absolute atomic E-state index is 12.4. The van der Waals surface area contributed by atoms with Gasteiger partial charge in [-0.05, 0) is 18.7 Å². The lowest BCUT2D eigenvalue weighted by Gasteiger charge is -2.34. The summed E-state index contributed by atoms with van der Waals surface area (Å²) in [6.07, 6.45) is 0. The number of imide groups is 1. The highest BCUT2D eigenvalue weighted by atomic mass is 16.2. The van der Waals surface area contributed by atoms with Gasteiger partial charge in [-0.2, -0.15) is 0 Å². The molecule has 1 fully saturated rings. The van der Waals surface area contributed by atoms with Crippen molar-refractivity contribution in [2.45, 2.75) is 6.54 Å². The van der Waals surface area contributed by atoms with Gasteiger partial charge in [-0.1, -0.05) is 18.2 Å². The minimum atomic E-state index is -0.167. The molecule has 19 heavy (non-hydrogen) atoms. The average Bonchev–Trinajstić information content (AvgIpc) is 2.77. The van der Waals surface area contributed by atoms with E-state index < -0.39 is 0 Å². The first-order chi connectivity index (χ1) is 9.16. The minimum Gasteiger partial charge on any atom is -0.322 e. The SMILES string of the molecule is CN1CCN(C(=O)N2Cc3ccccc3C2=O)CC1. The monoisotopic (exact) mass is 259 g/mol. The second-order valence-electron chi connectivity index (χ2n) is 5.12. The summed E-state index contributed by atoms with van der Waals surface area (Å²) in [4.78, 5) is 29.9. The molecule has 0 saturated carbocycles. The van der Waals surface area contributed by atoms with Crippen LogP contribution in [-0.4, -0.2) is 59.9 Å². The smallest absolute Gasteiger partial charge is 0.322 e. The summed E-state index contributed by atoms with van der Waals surface area (Å²) in [5, 5.41) is 0. The Balaban J connectivity index is 1.75. The molecule has 2 aliphatic heterocycles. The minimum absolute atomic E-state index is 0.158. The van der Waals surface area contributed by atoms with Crippen LogP contribution in [0, 0.1) is 0 Å². The van der Waals surface area contributed by atoms with Crippen LogP contribution in [0.1, 0.15) is 15.9 Å². The van der Waals surface area contributed by atoms with Gasteiger partial charge in [0, 0.05) is 31.7 Å². The molecule has 0 spiro atoms. The lowest BCUT2D eigenvalue weighted by Crippen LogP contribution is -2.51. The zero-order valence-corrected chi connectivity index (χ0v) is 11.0. The van der Waals surface area contributed by atoms with Gasteiger partial charge in [0.05, 0.1) is 6.54 Å². The van der Waals surface area contributed by atoms with E-state index in [1.54, 1.807) is 11.0 Å². The molecule has 1 aromatic carbocycles. The Kier molecular flexibility index (Phi) is 2.98. The van der Waals surface area contributed by atoms with E-state index in [0.717, 1.165) is 18.7 Å². The van der Waals surface area contributed by atoms with E-state index in [4.69, 9.17) is 0 Å². The number of amides is 3. The van der Waals surface area contributed by atoms with Crippen molar-refractivity contribution in [3.8, 4) is 0 Å². The molecule has 0 bridgehead atoms. The molecule has 0 radical (unpaired) electrons. The fourth-order valence-electron chi connectivity index (χ4n) is 2.58. The maximum atomic E-state index is 12.4. The fraction of sp³-hybridized carbons (Fsp3) is 0.429. The van der Waals surface area contributed by atoms with Gasteiger partial charge in [0.2, 0.25) is 0 Å². The number of urea groups is 1. The van der Waals surface area contributed by atoms with Crippen molar-refractivity contribution in [1.29, 1.82) is 0 Å². The van der Waals surface area contributed by atoms with Gasteiger partial charge in [0.15, 0.2) is 0 Å². The Morgan fingerprint density at radius 1 is 1.11 bits per heavy atom. The van der Waals surface area contributed by atoms with E-state index in [1.165, 1.54) is 4.90 Å². The number of likely N-dealkylation sites (N-methyl/N-ethyl adjacent to an activating group) is 1. The van der Waals surface area contributed by atoms with Gasteiger partial charge < -0.3 is 9.80 Å². The van der Waals surface area contributed by atoms with Crippen molar-refractivity contribution in [1.82, 2.24) is 14.7 Å². The molecule has 0 aromatic heterocycles. The molecule has 2 heterocycles. The normalized spacial score (nSPS) is 19.7. The van der Waals surface area contributed by atoms with Crippen LogP contribution in [-0.2, 0) is 6.54 Å². The average molecular weight is 259 g/mol. The quantitative estimate of drug-likeness (QED) is 0.698. The Hall–Kier alpha value is -1.88. The molecule has 3 rings (SSSR count). The van der Waals surface area contributed by atoms with Crippen LogP contribution >= 0.6 is 0 Å². The van der Waals surface area contributed by atoms with Crippen molar-refractivity contribution in [3.63, 3.8) is 0 Å². The van der Waals surface area contributed by atoms with Gasteiger partial charge in [-0.15, -0.1) is 0 Å². The number of carbonyl (C=O) groups is 2. The Morgan fingerprint density at radius 3 is 2.47 bits per heavy atom. The largest absolute Gasteiger partial charge is 0.327 e. The topological polar surface area (TPSA) is 43.9 Å². The molecule has 3 amide bonds. The molecule has 0 N–H and O–H groups in total. The van der Waals surface area contributed by atoms with E-state index in [9.17, 15) is 9.59 Å². The first-order valence-corrected chi connectivity index (χ1v) is 6.54. The van der Waals surface area contributed by atoms with Crippen molar-refractivity contribution in [2.75, 3.05) is 33.2 Å². The molecule has 0 unspecified atom stereocenters. The number of fused-ring (bicyclic) bond motifs is 1.